The lowest BCUT2D eigenvalue weighted by Crippen LogP contribution is -2.47. The first kappa shape index (κ1) is 14.8. The molecule has 0 bridgehead atoms. The van der Waals surface area contributed by atoms with Gasteiger partial charge in [0.05, 0.1) is 5.56 Å². The van der Waals surface area contributed by atoms with Crippen molar-refractivity contribution in [3.05, 3.63) is 23.9 Å². The van der Waals surface area contributed by atoms with E-state index in [-0.39, 0.29) is 5.91 Å². The number of nitrogens with one attached hydrogen (secondary N) is 1. The second-order valence-electron chi connectivity index (χ2n) is 5.67. The number of hydrogen-bond acceptors (Lipinski definition) is 3. The third-order valence-electron chi connectivity index (χ3n) is 4.01. The SMILES string of the molecule is CCCNc1ncccc1C(=O)N1C(C)CCCC1C. The molecule has 0 spiro atoms. The van der Waals surface area contributed by atoms with E-state index in [2.05, 4.69) is 31.1 Å². The Balaban J connectivity index is 2.23. The number of nitrogens with zero attached hydrogens (tertiary/aromatic N) is 2. The van der Waals surface area contributed by atoms with Crippen molar-refractivity contribution in [1.29, 1.82) is 0 Å². The normalized spacial score (nSPS) is 22.6. The molecule has 0 saturated carbocycles. The highest BCUT2D eigenvalue weighted by Gasteiger charge is 2.30. The highest BCUT2D eigenvalue weighted by atomic mass is 16.2. The third kappa shape index (κ3) is 3.11. The minimum Gasteiger partial charge on any atom is -0.369 e. The fourth-order valence-electron chi connectivity index (χ4n) is 2.92. The molecule has 0 radical (unpaired) electrons. The fourth-order valence-corrected chi connectivity index (χ4v) is 2.92. The highest BCUT2D eigenvalue weighted by molar-refractivity contribution is 5.99. The molecule has 2 rings (SSSR count). The van der Waals surface area contributed by atoms with Gasteiger partial charge in [-0.25, -0.2) is 4.98 Å². The number of likely N-dealkylation sites (tertiary alicyclic amines) is 1. The molecule has 110 valence electrons. The van der Waals surface area contributed by atoms with Gasteiger partial charge in [0.15, 0.2) is 0 Å². The van der Waals surface area contributed by atoms with Gasteiger partial charge in [-0.1, -0.05) is 6.92 Å². The Morgan fingerprint density at radius 2 is 2.10 bits per heavy atom. The van der Waals surface area contributed by atoms with Gasteiger partial charge in [0, 0.05) is 24.8 Å². The number of aromatic nitrogens is 1. The smallest absolute Gasteiger partial charge is 0.258 e. The predicted octanol–water partition coefficient (Wildman–Crippen LogP) is 3.31. The van der Waals surface area contributed by atoms with Crippen LogP contribution < -0.4 is 5.32 Å². The van der Waals surface area contributed by atoms with Crippen LogP contribution in [0.4, 0.5) is 5.82 Å². The average molecular weight is 275 g/mol. The summed E-state index contributed by atoms with van der Waals surface area (Å²) in [5.74, 6) is 0.820. The molecule has 0 aliphatic carbocycles. The van der Waals surface area contributed by atoms with Crippen molar-refractivity contribution in [2.24, 2.45) is 0 Å². The van der Waals surface area contributed by atoms with Gasteiger partial charge < -0.3 is 10.2 Å². The number of carbonyl (C=O) groups excluding carboxylic acids is 1. The molecule has 1 saturated heterocycles. The minimum atomic E-state index is 0.108. The molecule has 0 aromatic carbocycles. The molecule has 1 fully saturated rings. The summed E-state index contributed by atoms with van der Waals surface area (Å²) in [5, 5.41) is 3.25. The van der Waals surface area contributed by atoms with Gasteiger partial charge in [-0.2, -0.15) is 0 Å². The van der Waals surface area contributed by atoms with Crippen LogP contribution in [-0.4, -0.2) is 34.4 Å². The van der Waals surface area contributed by atoms with Gasteiger partial charge in [-0.15, -0.1) is 0 Å². The van der Waals surface area contributed by atoms with Crippen molar-refractivity contribution < 1.29 is 4.79 Å². The first-order valence-corrected chi connectivity index (χ1v) is 7.66. The zero-order valence-corrected chi connectivity index (χ0v) is 12.7. The van der Waals surface area contributed by atoms with Gasteiger partial charge in [0.1, 0.15) is 5.82 Å². The second kappa shape index (κ2) is 6.73. The molecule has 2 atom stereocenters. The summed E-state index contributed by atoms with van der Waals surface area (Å²) in [5.41, 5.74) is 0.696. The van der Waals surface area contributed by atoms with Crippen LogP contribution in [0.3, 0.4) is 0 Å². The predicted molar refractivity (Wildman–Crippen MR) is 82.0 cm³/mol. The second-order valence-corrected chi connectivity index (χ2v) is 5.67. The molecule has 1 aromatic rings. The lowest BCUT2D eigenvalue weighted by atomic mass is 9.96. The summed E-state index contributed by atoms with van der Waals surface area (Å²) in [6.45, 7) is 7.22. The van der Waals surface area contributed by atoms with E-state index in [4.69, 9.17) is 0 Å². The van der Waals surface area contributed by atoms with E-state index in [1.807, 2.05) is 17.0 Å². The van der Waals surface area contributed by atoms with Crippen molar-refractivity contribution in [1.82, 2.24) is 9.88 Å². The number of rotatable bonds is 4. The molecular formula is C16H25N3O. The van der Waals surface area contributed by atoms with Gasteiger partial charge >= 0.3 is 0 Å². The van der Waals surface area contributed by atoms with Gasteiger partial charge in [0.25, 0.3) is 5.91 Å². The molecule has 2 heterocycles. The molecule has 1 aliphatic rings. The van der Waals surface area contributed by atoms with Crippen molar-refractivity contribution in [3.63, 3.8) is 0 Å². The summed E-state index contributed by atoms with van der Waals surface area (Å²) in [6, 6.07) is 4.33. The lowest BCUT2D eigenvalue weighted by Gasteiger charge is -2.39. The monoisotopic (exact) mass is 275 g/mol. The number of pyridine rings is 1. The van der Waals surface area contributed by atoms with Crippen LogP contribution >= 0.6 is 0 Å². The Morgan fingerprint density at radius 1 is 1.40 bits per heavy atom. The summed E-state index contributed by atoms with van der Waals surface area (Å²) in [4.78, 5) is 19.2. The molecule has 1 aliphatic heterocycles. The Hall–Kier alpha value is -1.58. The first-order valence-electron chi connectivity index (χ1n) is 7.66. The number of amides is 1. The number of hydrogen-bond donors (Lipinski definition) is 1. The lowest BCUT2D eigenvalue weighted by molar-refractivity contribution is 0.0511. The highest BCUT2D eigenvalue weighted by Crippen LogP contribution is 2.26. The van der Waals surface area contributed by atoms with E-state index in [0.29, 0.717) is 23.5 Å². The van der Waals surface area contributed by atoms with Gasteiger partial charge in [-0.05, 0) is 51.7 Å². The number of piperidine rings is 1. The van der Waals surface area contributed by atoms with Gasteiger partial charge in [-0.3, -0.25) is 4.79 Å². The Bertz CT molecular complexity index is 451. The summed E-state index contributed by atoms with van der Waals surface area (Å²) < 4.78 is 0. The zero-order chi connectivity index (χ0) is 14.5. The summed E-state index contributed by atoms with van der Waals surface area (Å²) in [6.07, 6.45) is 6.14. The molecular weight excluding hydrogens is 250 g/mol. The van der Waals surface area contributed by atoms with Crippen LogP contribution in [0.5, 0.6) is 0 Å². The Kier molecular flexibility index (Phi) is 4.99. The van der Waals surface area contributed by atoms with E-state index in [9.17, 15) is 4.79 Å². The van der Waals surface area contributed by atoms with Crippen molar-refractivity contribution >= 4 is 11.7 Å². The maximum atomic E-state index is 12.9. The third-order valence-corrected chi connectivity index (χ3v) is 4.01. The standard InChI is InChI=1S/C16H25N3O/c1-4-10-17-15-14(9-6-11-18-15)16(20)19-12(2)7-5-8-13(19)3/h6,9,11-13H,4-5,7-8,10H2,1-3H3,(H,17,18). The fraction of sp³-hybridized carbons (Fsp3) is 0.625. The molecule has 2 unspecified atom stereocenters. The largest absolute Gasteiger partial charge is 0.369 e. The number of anilines is 1. The zero-order valence-electron chi connectivity index (χ0n) is 12.7. The van der Waals surface area contributed by atoms with E-state index >= 15 is 0 Å². The Labute approximate surface area is 121 Å². The Morgan fingerprint density at radius 3 is 2.75 bits per heavy atom. The summed E-state index contributed by atoms with van der Waals surface area (Å²) >= 11 is 0. The van der Waals surface area contributed by atoms with E-state index in [1.54, 1.807) is 6.20 Å². The van der Waals surface area contributed by atoms with Crippen molar-refractivity contribution in [2.75, 3.05) is 11.9 Å². The molecule has 20 heavy (non-hydrogen) atoms. The minimum absolute atomic E-state index is 0.108. The van der Waals surface area contributed by atoms with E-state index in [0.717, 1.165) is 25.8 Å². The van der Waals surface area contributed by atoms with Crippen LogP contribution in [0.1, 0.15) is 56.8 Å². The maximum absolute atomic E-state index is 12.9. The van der Waals surface area contributed by atoms with Crippen LogP contribution in [0.15, 0.2) is 18.3 Å². The van der Waals surface area contributed by atoms with Crippen LogP contribution in [0.2, 0.25) is 0 Å². The van der Waals surface area contributed by atoms with E-state index in [1.165, 1.54) is 6.42 Å². The maximum Gasteiger partial charge on any atom is 0.258 e. The van der Waals surface area contributed by atoms with Crippen LogP contribution in [-0.2, 0) is 0 Å². The summed E-state index contributed by atoms with van der Waals surface area (Å²) in [7, 11) is 0. The molecule has 1 amide bonds. The van der Waals surface area contributed by atoms with Gasteiger partial charge in [0.2, 0.25) is 0 Å². The number of carbonyl (C=O) groups is 1. The van der Waals surface area contributed by atoms with Crippen LogP contribution in [0, 0.1) is 0 Å². The van der Waals surface area contributed by atoms with Crippen molar-refractivity contribution in [2.45, 2.75) is 58.5 Å². The molecule has 4 heteroatoms. The quantitative estimate of drug-likeness (QED) is 0.917. The van der Waals surface area contributed by atoms with Crippen LogP contribution in [0.25, 0.3) is 0 Å². The van der Waals surface area contributed by atoms with Crippen molar-refractivity contribution in [3.8, 4) is 0 Å². The first-order chi connectivity index (χ1) is 9.65. The average Bonchev–Trinajstić information content (AvgIpc) is 2.45. The molecule has 1 aromatic heterocycles. The molecule has 1 N–H and O–H groups in total. The van der Waals surface area contributed by atoms with E-state index < -0.39 is 0 Å². The topological polar surface area (TPSA) is 45.2 Å². The molecule has 4 nitrogen and oxygen atoms in total.